The highest BCUT2D eigenvalue weighted by Crippen LogP contribution is 2.14. The third-order valence-electron chi connectivity index (χ3n) is 2.65. The SMILES string of the molecule is CCC(CC)(CO)NC(=O)CC(C)C. The van der Waals surface area contributed by atoms with Gasteiger partial charge in [-0.05, 0) is 18.8 Å². The van der Waals surface area contributed by atoms with Crippen LogP contribution in [0, 0.1) is 5.92 Å². The van der Waals surface area contributed by atoms with E-state index in [1.807, 2.05) is 27.7 Å². The van der Waals surface area contributed by atoms with Crippen molar-refractivity contribution >= 4 is 5.91 Å². The van der Waals surface area contributed by atoms with Gasteiger partial charge in [-0.1, -0.05) is 27.7 Å². The first kappa shape index (κ1) is 13.4. The Morgan fingerprint density at radius 3 is 2.14 bits per heavy atom. The first-order chi connectivity index (χ1) is 6.49. The Morgan fingerprint density at radius 1 is 1.36 bits per heavy atom. The fraction of sp³-hybridized carbons (Fsp3) is 0.909. The minimum Gasteiger partial charge on any atom is -0.394 e. The number of aliphatic hydroxyl groups excluding tert-OH is 1. The Hall–Kier alpha value is -0.570. The highest BCUT2D eigenvalue weighted by molar-refractivity contribution is 5.77. The lowest BCUT2D eigenvalue weighted by molar-refractivity contribution is -0.124. The highest BCUT2D eigenvalue weighted by atomic mass is 16.3. The van der Waals surface area contributed by atoms with Crippen molar-refractivity contribution in [3.63, 3.8) is 0 Å². The van der Waals surface area contributed by atoms with E-state index >= 15 is 0 Å². The van der Waals surface area contributed by atoms with Crippen LogP contribution in [0.25, 0.3) is 0 Å². The average molecular weight is 201 g/mol. The summed E-state index contributed by atoms with van der Waals surface area (Å²) in [5.41, 5.74) is -0.411. The molecule has 3 nitrogen and oxygen atoms in total. The minimum absolute atomic E-state index is 0.0177. The molecule has 0 aromatic heterocycles. The largest absolute Gasteiger partial charge is 0.394 e. The molecule has 14 heavy (non-hydrogen) atoms. The molecular weight excluding hydrogens is 178 g/mol. The fourth-order valence-electron chi connectivity index (χ4n) is 1.41. The van der Waals surface area contributed by atoms with E-state index in [2.05, 4.69) is 5.32 Å². The molecule has 84 valence electrons. The molecule has 0 bridgehead atoms. The van der Waals surface area contributed by atoms with E-state index in [0.717, 1.165) is 12.8 Å². The summed E-state index contributed by atoms with van der Waals surface area (Å²) >= 11 is 0. The van der Waals surface area contributed by atoms with Crippen LogP contribution in [0.4, 0.5) is 0 Å². The predicted molar refractivity (Wildman–Crippen MR) is 58.0 cm³/mol. The normalized spacial score (nSPS) is 11.9. The lowest BCUT2D eigenvalue weighted by Gasteiger charge is -2.31. The van der Waals surface area contributed by atoms with Crippen molar-refractivity contribution in [3.8, 4) is 0 Å². The van der Waals surface area contributed by atoms with Crippen molar-refractivity contribution in [2.75, 3.05) is 6.61 Å². The number of carbonyl (C=O) groups excluding carboxylic acids is 1. The van der Waals surface area contributed by atoms with Gasteiger partial charge in [-0.15, -0.1) is 0 Å². The maximum atomic E-state index is 11.5. The number of amides is 1. The molecule has 0 aromatic carbocycles. The van der Waals surface area contributed by atoms with Gasteiger partial charge < -0.3 is 10.4 Å². The van der Waals surface area contributed by atoms with Crippen LogP contribution < -0.4 is 5.32 Å². The summed E-state index contributed by atoms with van der Waals surface area (Å²) in [5, 5.41) is 12.2. The van der Waals surface area contributed by atoms with Crippen LogP contribution in [0.5, 0.6) is 0 Å². The molecule has 0 spiro atoms. The van der Waals surface area contributed by atoms with Crippen LogP contribution in [-0.4, -0.2) is 23.2 Å². The van der Waals surface area contributed by atoms with E-state index in [-0.39, 0.29) is 12.5 Å². The quantitative estimate of drug-likeness (QED) is 0.687. The Balaban J connectivity index is 4.22. The summed E-state index contributed by atoms with van der Waals surface area (Å²) in [5.74, 6) is 0.401. The Morgan fingerprint density at radius 2 is 1.86 bits per heavy atom. The van der Waals surface area contributed by atoms with E-state index in [9.17, 15) is 9.90 Å². The molecule has 0 fully saturated rings. The van der Waals surface area contributed by atoms with Gasteiger partial charge in [-0.25, -0.2) is 0 Å². The van der Waals surface area contributed by atoms with Gasteiger partial charge in [0.15, 0.2) is 0 Å². The van der Waals surface area contributed by atoms with Gasteiger partial charge in [0, 0.05) is 6.42 Å². The van der Waals surface area contributed by atoms with Crippen molar-refractivity contribution in [1.82, 2.24) is 5.32 Å². The summed E-state index contributed by atoms with van der Waals surface area (Å²) in [7, 11) is 0. The Bertz CT molecular complexity index is 166. The number of hydrogen-bond acceptors (Lipinski definition) is 2. The highest BCUT2D eigenvalue weighted by Gasteiger charge is 2.26. The minimum atomic E-state index is -0.411. The second kappa shape index (κ2) is 6.02. The van der Waals surface area contributed by atoms with Gasteiger partial charge in [0.25, 0.3) is 0 Å². The molecule has 0 aliphatic rings. The van der Waals surface area contributed by atoms with Gasteiger partial charge in [-0.3, -0.25) is 4.79 Å². The first-order valence-electron chi connectivity index (χ1n) is 5.41. The standard InChI is InChI=1S/C11H23NO2/c1-5-11(6-2,8-13)12-10(14)7-9(3)4/h9,13H,5-8H2,1-4H3,(H,12,14). The van der Waals surface area contributed by atoms with Crippen LogP contribution in [0.15, 0.2) is 0 Å². The van der Waals surface area contributed by atoms with E-state index in [4.69, 9.17) is 0 Å². The molecule has 1 amide bonds. The molecule has 0 aliphatic heterocycles. The zero-order chi connectivity index (χ0) is 11.2. The third-order valence-corrected chi connectivity index (χ3v) is 2.65. The molecule has 0 saturated carbocycles. The molecule has 3 heteroatoms. The molecule has 0 unspecified atom stereocenters. The second-order valence-electron chi connectivity index (χ2n) is 4.29. The van der Waals surface area contributed by atoms with Crippen molar-refractivity contribution < 1.29 is 9.90 Å². The topological polar surface area (TPSA) is 49.3 Å². The monoisotopic (exact) mass is 201 g/mol. The summed E-state index contributed by atoms with van der Waals surface area (Å²) < 4.78 is 0. The van der Waals surface area contributed by atoms with Gasteiger partial charge >= 0.3 is 0 Å². The zero-order valence-electron chi connectivity index (χ0n) is 9.76. The van der Waals surface area contributed by atoms with E-state index in [1.54, 1.807) is 0 Å². The van der Waals surface area contributed by atoms with E-state index in [0.29, 0.717) is 12.3 Å². The summed E-state index contributed by atoms with van der Waals surface area (Å²) in [6, 6.07) is 0. The number of hydrogen-bond donors (Lipinski definition) is 2. The van der Waals surface area contributed by atoms with Crippen LogP contribution in [0.1, 0.15) is 47.0 Å². The Labute approximate surface area is 86.9 Å². The van der Waals surface area contributed by atoms with Gasteiger partial charge in [0.2, 0.25) is 5.91 Å². The van der Waals surface area contributed by atoms with E-state index < -0.39 is 5.54 Å². The van der Waals surface area contributed by atoms with Crippen molar-refractivity contribution in [2.24, 2.45) is 5.92 Å². The van der Waals surface area contributed by atoms with Crippen molar-refractivity contribution in [2.45, 2.75) is 52.5 Å². The van der Waals surface area contributed by atoms with Crippen molar-refractivity contribution in [1.29, 1.82) is 0 Å². The smallest absolute Gasteiger partial charge is 0.220 e. The third kappa shape index (κ3) is 4.09. The number of rotatable bonds is 6. The molecule has 0 heterocycles. The van der Waals surface area contributed by atoms with Gasteiger partial charge in [0.1, 0.15) is 0 Å². The molecule has 2 N–H and O–H groups in total. The van der Waals surface area contributed by atoms with Crippen LogP contribution in [0.3, 0.4) is 0 Å². The summed E-state index contributed by atoms with van der Waals surface area (Å²) in [6.45, 7) is 8.00. The number of carbonyl (C=O) groups is 1. The van der Waals surface area contributed by atoms with Crippen LogP contribution in [-0.2, 0) is 4.79 Å². The maximum absolute atomic E-state index is 11.5. The lowest BCUT2D eigenvalue weighted by Crippen LogP contribution is -2.50. The zero-order valence-corrected chi connectivity index (χ0v) is 9.76. The number of nitrogens with one attached hydrogen (secondary N) is 1. The average Bonchev–Trinajstić information content (AvgIpc) is 2.13. The molecule has 0 aliphatic carbocycles. The van der Waals surface area contributed by atoms with Crippen LogP contribution in [0.2, 0.25) is 0 Å². The number of aliphatic hydroxyl groups is 1. The van der Waals surface area contributed by atoms with Crippen molar-refractivity contribution in [3.05, 3.63) is 0 Å². The predicted octanol–water partition coefficient (Wildman–Crippen LogP) is 1.70. The van der Waals surface area contributed by atoms with Gasteiger partial charge in [-0.2, -0.15) is 0 Å². The maximum Gasteiger partial charge on any atom is 0.220 e. The molecule has 0 atom stereocenters. The fourth-order valence-corrected chi connectivity index (χ4v) is 1.41. The van der Waals surface area contributed by atoms with Crippen LogP contribution >= 0.6 is 0 Å². The second-order valence-corrected chi connectivity index (χ2v) is 4.29. The molecule has 0 saturated heterocycles. The molecule has 0 aromatic rings. The first-order valence-corrected chi connectivity index (χ1v) is 5.41. The van der Waals surface area contributed by atoms with Gasteiger partial charge in [0.05, 0.1) is 12.1 Å². The van der Waals surface area contributed by atoms with E-state index in [1.165, 1.54) is 0 Å². The summed E-state index contributed by atoms with van der Waals surface area (Å²) in [4.78, 5) is 11.5. The molecule has 0 radical (unpaired) electrons. The Kier molecular flexibility index (Phi) is 5.77. The molecular formula is C11H23NO2. The molecule has 0 rings (SSSR count). The summed E-state index contributed by atoms with van der Waals surface area (Å²) in [6.07, 6.45) is 2.06. The lowest BCUT2D eigenvalue weighted by atomic mass is 9.93.